The SMILES string of the molecule is CCO[C@H](CC(C)=O)C(Cc1ccc(Cl)cc1)c1ccc(N2CCOCC2)cc1. The second-order valence-electron chi connectivity index (χ2n) is 7.53. The van der Waals surface area contributed by atoms with Gasteiger partial charge in [0.1, 0.15) is 5.78 Å². The average Bonchev–Trinajstić information content (AvgIpc) is 2.74. The maximum absolute atomic E-state index is 11.9. The molecule has 1 heterocycles. The van der Waals surface area contributed by atoms with Crippen LogP contribution in [-0.4, -0.2) is 44.8 Å². The molecule has 3 rings (SSSR count). The van der Waals surface area contributed by atoms with Gasteiger partial charge >= 0.3 is 0 Å². The molecule has 29 heavy (non-hydrogen) atoms. The van der Waals surface area contributed by atoms with E-state index in [4.69, 9.17) is 21.1 Å². The van der Waals surface area contributed by atoms with E-state index in [0.717, 1.165) is 37.7 Å². The number of morpholine rings is 1. The fourth-order valence-corrected chi connectivity index (χ4v) is 4.03. The van der Waals surface area contributed by atoms with Crippen LogP contribution in [0.25, 0.3) is 0 Å². The zero-order valence-electron chi connectivity index (χ0n) is 17.3. The van der Waals surface area contributed by atoms with Crippen molar-refractivity contribution >= 4 is 23.1 Å². The van der Waals surface area contributed by atoms with Gasteiger partial charge in [-0.3, -0.25) is 4.79 Å². The lowest BCUT2D eigenvalue weighted by atomic mass is 9.85. The van der Waals surface area contributed by atoms with Gasteiger partial charge < -0.3 is 14.4 Å². The number of ether oxygens (including phenoxy) is 2. The lowest BCUT2D eigenvalue weighted by Crippen LogP contribution is -2.36. The lowest BCUT2D eigenvalue weighted by Gasteiger charge is -2.30. The van der Waals surface area contributed by atoms with Crippen LogP contribution in [0.3, 0.4) is 0 Å². The third-order valence-electron chi connectivity index (χ3n) is 5.38. The molecule has 0 bridgehead atoms. The molecule has 0 radical (unpaired) electrons. The largest absolute Gasteiger partial charge is 0.378 e. The van der Waals surface area contributed by atoms with E-state index in [9.17, 15) is 4.79 Å². The highest BCUT2D eigenvalue weighted by Crippen LogP contribution is 2.31. The number of anilines is 1. The molecule has 2 aromatic carbocycles. The van der Waals surface area contributed by atoms with Crippen molar-refractivity contribution in [1.29, 1.82) is 0 Å². The Kier molecular flexibility index (Phi) is 8.10. The zero-order valence-corrected chi connectivity index (χ0v) is 18.0. The quantitative estimate of drug-likeness (QED) is 0.584. The third-order valence-corrected chi connectivity index (χ3v) is 5.64. The lowest BCUT2D eigenvalue weighted by molar-refractivity contribution is -0.120. The highest BCUT2D eigenvalue weighted by molar-refractivity contribution is 6.30. The molecule has 0 aromatic heterocycles. The number of Topliss-reactive ketones (excluding diaryl/α,β-unsaturated/α-hetero) is 1. The van der Waals surface area contributed by atoms with Gasteiger partial charge in [0.05, 0.1) is 19.3 Å². The number of carbonyl (C=O) groups excluding carboxylic acids is 1. The summed E-state index contributed by atoms with van der Waals surface area (Å²) in [5.74, 6) is 0.244. The highest BCUT2D eigenvalue weighted by Gasteiger charge is 2.26. The topological polar surface area (TPSA) is 38.8 Å². The minimum atomic E-state index is -0.151. The van der Waals surface area contributed by atoms with Crippen molar-refractivity contribution < 1.29 is 14.3 Å². The third kappa shape index (κ3) is 6.30. The van der Waals surface area contributed by atoms with Gasteiger partial charge in [-0.25, -0.2) is 0 Å². The van der Waals surface area contributed by atoms with Crippen LogP contribution in [0.5, 0.6) is 0 Å². The first-order valence-electron chi connectivity index (χ1n) is 10.3. The van der Waals surface area contributed by atoms with E-state index >= 15 is 0 Å². The first-order valence-corrected chi connectivity index (χ1v) is 10.7. The van der Waals surface area contributed by atoms with Crippen molar-refractivity contribution in [3.8, 4) is 0 Å². The molecular formula is C24H30ClNO3. The summed E-state index contributed by atoms with van der Waals surface area (Å²) >= 11 is 6.05. The molecule has 156 valence electrons. The summed E-state index contributed by atoms with van der Waals surface area (Å²) < 4.78 is 11.5. The summed E-state index contributed by atoms with van der Waals surface area (Å²) in [6, 6.07) is 16.6. The first kappa shape index (κ1) is 21.8. The molecule has 0 saturated carbocycles. The van der Waals surface area contributed by atoms with Crippen molar-refractivity contribution in [2.24, 2.45) is 0 Å². The molecule has 0 amide bonds. The Morgan fingerprint density at radius 1 is 1.10 bits per heavy atom. The summed E-state index contributed by atoms with van der Waals surface area (Å²) in [5.41, 5.74) is 3.59. The number of hydrogen-bond acceptors (Lipinski definition) is 4. The van der Waals surface area contributed by atoms with E-state index < -0.39 is 0 Å². The number of halogens is 1. The Labute approximate surface area is 178 Å². The smallest absolute Gasteiger partial charge is 0.132 e. The van der Waals surface area contributed by atoms with Gasteiger partial charge in [-0.05, 0) is 55.7 Å². The Bertz CT molecular complexity index is 770. The van der Waals surface area contributed by atoms with E-state index in [1.54, 1.807) is 6.92 Å². The summed E-state index contributed by atoms with van der Waals surface area (Å²) in [7, 11) is 0. The number of carbonyl (C=O) groups is 1. The number of rotatable bonds is 9. The predicted octanol–water partition coefficient (Wildman–Crippen LogP) is 4.89. The van der Waals surface area contributed by atoms with Crippen LogP contribution >= 0.6 is 11.6 Å². The van der Waals surface area contributed by atoms with Gasteiger partial charge in [0.2, 0.25) is 0 Å². The Balaban J connectivity index is 1.85. The molecular weight excluding hydrogens is 386 g/mol. The van der Waals surface area contributed by atoms with E-state index in [-0.39, 0.29) is 17.8 Å². The predicted molar refractivity (Wildman–Crippen MR) is 118 cm³/mol. The van der Waals surface area contributed by atoms with Crippen LogP contribution in [0.15, 0.2) is 48.5 Å². The molecule has 1 unspecified atom stereocenters. The summed E-state index contributed by atoms with van der Waals surface area (Å²) in [6.45, 7) is 7.57. The summed E-state index contributed by atoms with van der Waals surface area (Å²) in [6.07, 6.45) is 1.06. The van der Waals surface area contributed by atoms with Crippen molar-refractivity contribution in [1.82, 2.24) is 0 Å². The standard InChI is InChI=1S/C24H30ClNO3/c1-3-29-24(16-18(2)27)23(17-19-4-8-21(25)9-5-19)20-6-10-22(11-7-20)26-12-14-28-15-13-26/h4-11,23-24H,3,12-17H2,1-2H3/t23?,24-/m1/s1. The molecule has 2 atom stereocenters. The molecule has 2 aromatic rings. The molecule has 4 nitrogen and oxygen atoms in total. The van der Waals surface area contributed by atoms with Gasteiger partial charge in [-0.1, -0.05) is 35.9 Å². The maximum Gasteiger partial charge on any atom is 0.132 e. The van der Waals surface area contributed by atoms with Gasteiger partial charge in [0.25, 0.3) is 0 Å². The molecule has 1 aliphatic rings. The van der Waals surface area contributed by atoms with Crippen LogP contribution in [0.2, 0.25) is 5.02 Å². The number of ketones is 1. The van der Waals surface area contributed by atoms with Crippen LogP contribution in [-0.2, 0) is 20.7 Å². The van der Waals surface area contributed by atoms with E-state index in [2.05, 4.69) is 29.2 Å². The fraction of sp³-hybridized carbons (Fsp3) is 0.458. The van der Waals surface area contributed by atoms with Gasteiger partial charge in [-0.2, -0.15) is 0 Å². The zero-order chi connectivity index (χ0) is 20.6. The minimum absolute atomic E-state index is 0.0961. The molecule has 1 saturated heterocycles. The molecule has 5 heteroatoms. The van der Waals surface area contributed by atoms with Crippen LogP contribution in [0.4, 0.5) is 5.69 Å². The van der Waals surface area contributed by atoms with Crippen LogP contribution in [0, 0.1) is 0 Å². The van der Waals surface area contributed by atoms with Gasteiger partial charge in [-0.15, -0.1) is 0 Å². The average molecular weight is 416 g/mol. The van der Waals surface area contributed by atoms with E-state index in [0.29, 0.717) is 13.0 Å². The fourth-order valence-electron chi connectivity index (χ4n) is 3.91. The number of nitrogens with zero attached hydrogens (tertiary/aromatic N) is 1. The Hall–Kier alpha value is -1.88. The van der Waals surface area contributed by atoms with Crippen molar-refractivity contribution in [2.75, 3.05) is 37.8 Å². The molecule has 0 spiro atoms. The van der Waals surface area contributed by atoms with Gasteiger partial charge in [0, 0.05) is 42.7 Å². The normalized spacial score (nSPS) is 16.4. The van der Waals surface area contributed by atoms with Crippen LogP contribution < -0.4 is 4.90 Å². The monoisotopic (exact) mass is 415 g/mol. The highest BCUT2D eigenvalue weighted by atomic mass is 35.5. The van der Waals surface area contributed by atoms with Gasteiger partial charge in [0.15, 0.2) is 0 Å². The Morgan fingerprint density at radius 3 is 2.34 bits per heavy atom. The summed E-state index contributed by atoms with van der Waals surface area (Å²) in [5, 5.41) is 0.727. The van der Waals surface area contributed by atoms with E-state index in [1.165, 1.54) is 16.8 Å². The van der Waals surface area contributed by atoms with Crippen molar-refractivity contribution in [3.63, 3.8) is 0 Å². The second-order valence-corrected chi connectivity index (χ2v) is 7.96. The first-order chi connectivity index (χ1) is 14.1. The van der Waals surface area contributed by atoms with E-state index in [1.807, 2.05) is 31.2 Å². The Morgan fingerprint density at radius 2 is 1.76 bits per heavy atom. The second kappa shape index (κ2) is 10.8. The number of benzene rings is 2. The molecule has 0 N–H and O–H groups in total. The molecule has 0 aliphatic carbocycles. The minimum Gasteiger partial charge on any atom is -0.378 e. The number of hydrogen-bond donors (Lipinski definition) is 0. The van der Waals surface area contributed by atoms with Crippen molar-refractivity contribution in [3.05, 3.63) is 64.7 Å². The van der Waals surface area contributed by atoms with Crippen molar-refractivity contribution in [2.45, 2.75) is 38.7 Å². The maximum atomic E-state index is 11.9. The summed E-state index contributed by atoms with van der Waals surface area (Å²) in [4.78, 5) is 14.3. The van der Waals surface area contributed by atoms with Crippen LogP contribution in [0.1, 0.15) is 37.3 Å². The molecule has 1 aliphatic heterocycles. The molecule has 1 fully saturated rings.